The van der Waals surface area contributed by atoms with Crippen molar-refractivity contribution < 1.29 is 33.8 Å². The molecule has 0 aromatic heterocycles. The van der Waals surface area contributed by atoms with Gasteiger partial charge in [-0.2, -0.15) is 0 Å². The van der Waals surface area contributed by atoms with Gasteiger partial charge < -0.3 is 29.7 Å². The first-order valence-corrected chi connectivity index (χ1v) is 17.3. The summed E-state index contributed by atoms with van der Waals surface area (Å²) in [6.45, 7) is 7.48. The zero-order valence-electron chi connectivity index (χ0n) is 27.6. The molecular formula is C37H42BrN3O7. The van der Waals surface area contributed by atoms with Crippen LogP contribution in [0.1, 0.15) is 49.5 Å². The van der Waals surface area contributed by atoms with Crippen LogP contribution in [0, 0.1) is 31.6 Å². The zero-order chi connectivity index (χ0) is 34.3. The first kappa shape index (κ1) is 34.1. The number of para-hydroxylation sites is 1. The van der Waals surface area contributed by atoms with Crippen molar-refractivity contribution in [1.29, 1.82) is 0 Å². The Bertz CT molecular complexity index is 1640. The lowest BCUT2D eigenvalue weighted by atomic mass is 9.74. The van der Waals surface area contributed by atoms with Crippen molar-refractivity contribution in [2.24, 2.45) is 17.8 Å². The normalized spacial score (nSPS) is 30.6. The average molecular weight is 721 g/mol. The molecule has 11 heteroatoms. The van der Waals surface area contributed by atoms with E-state index in [0.717, 1.165) is 11.1 Å². The third-order valence-corrected chi connectivity index (χ3v) is 10.7. The Kier molecular flexibility index (Phi) is 9.66. The van der Waals surface area contributed by atoms with E-state index in [9.17, 15) is 19.5 Å². The second-order valence-corrected chi connectivity index (χ2v) is 14.3. The van der Waals surface area contributed by atoms with Crippen LogP contribution in [-0.4, -0.2) is 77.2 Å². The quantitative estimate of drug-likeness (QED) is 0.349. The number of hydrogen-bond donors (Lipinski definition) is 2. The van der Waals surface area contributed by atoms with Gasteiger partial charge in [0.2, 0.25) is 11.8 Å². The van der Waals surface area contributed by atoms with Gasteiger partial charge in [0.25, 0.3) is 5.91 Å². The maximum atomic E-state index is 15.2. The summed E-state index contributed by atoms with van der Waals surface area (Å²) in [6, 6.07) is 13.0. The van der Waals surface area contributed by atoms with Crippen LogP contribution in [0.2, 0.25) is 0 Å². The van der Waals surface area contributed by atoms with Crippen molar-refractivity contribution in [1.82, 2.24) is 10.2 Å². The van der Waals surface area contributed by atoms with Gasteiger partial charge in [-0.3, -0.25) is 19.2 Å². The number of nitrogens with one attached hydrogen (secondary N) is 1. The highest BCUT2D eigenvalue weighted by Gasteiger charge is 2.75. The van der Waals surface area contributed by atoms with Crippen LogP contribution in [0.15, 0.2) is 71.2 Å². The van der Waals surface area contributed by atoms with E-state index in [1.54, 1.807) is 11.0 Å². The lowest BCUT2D eigenvalue weighted by Gasteiger charge is -2.40. The number of anilines is 1. The third kappa shape index (κ3) is 5.79. The molecule has 10 nitrogen and oxygen atoms in total. The highest BCUT2D eigenvalue weighted by molar-refractivity contribution is 9.11. The first-order chi connectivity index (χ1) is 23.0. The van der Waals surface area contributed by atoms with Gasteiger partial charge in [-0.1, -0.05) is 90.5 Å². The molecular weight excluding hydrogens is 678 g/mol. The molecule has 48 heavy (non-hydrogen) atoms. The molecule has 5 bridgehead atoms. The number of likely N-dealkylation sites (tertiary alicyclic amines) is 1. The number of allylic oxidation sites excluding steroid dienone is 1. The van der Waals surface area contributed by atoms with E-state index in [1.165, 1.54) is 4.90 Å². The maximum absolute atomic E-state index is 15.2. The first-order valence-electron chi connectivity index (χ1n) is 16.5. The molecule has 7 atom stereocenters. The van der Waals surface area contributed by atoms with Gasteiger partial charge >= 0.3 is 5.97 Å². The Morgan fingerprint density at radius 3 is 2.38 bits per heavy atom. The van der Waals surface area contributed by atoms with Crippen LogP contribution in [0.4, 0.5) is 5.69 Å². The molecule has 0 saturated carbocycles. The van der Waals surface area contributed by atoms with E-state index in [2.05, 4.69) is 21.2 Å². The van der Waals surface area contributed by atoms with Crippen LogP contribution in [0.5, 0.6) is 0 Å². The number of amides is 3. The van der Waals surface area contributed by atoms with Crippen LogP contribution >= 0.6 is 15.9 Å². The van der Waals surface area contributed by atoms with Crippen LogP contribution < -0.4 is 10.2 Å². The highest BCUT2D eigenvalue weighted by Crippen LogP contribution is 2.59. The molecule has 2 aromatic carbocycles. The lowest BCUT2D eigenvalue weighted by Crippen LogP contribution is -2.59. The fourth-order valence-electron chi connectivity index (χ4n) is 7.77. The van der Waals surface area contributed by atoms with E-state index in [4.69, 9.17) is 9.47 Å². The van der Waals surface area contributed by atoms with E-state index >= 15 is 4.79 Å². The molecule has 2 aromatic rings. The Labute approximate surface area is 289 Å². The molecule has 4 aliphatic rings. The molecule has 3 amide bonds. The standard InChI is InChI=1S/C37H42BrN3O7/c1-21(2)26(20-42)41-33-35(45)40(31-22(3)12-11-13-23(31)4)17-10-6-9-16-28(43)39-19-27(24-14-7-5-8-15-24)47-36(46)29-30(34(41)44)37(33)18-25(38)32(29)48-37/h5-8,10-15,18,21,26-27,29-30,32-33,42H,9,16-17,19-20H2,1-4H3,(H,39,43)/b10-6-/t26-,27-,29-,30+,32-,33-,37+/m0/s1. The number of carbonyl (C=O) groups excluding carboxylic acids is 4. The molecule has 4 aliphatic heterocycles. The number of halogens is 1. The number of aliphatic hydroxyl groups excluding tert-OH is 1. The summed E-state index contributed by atoms with van der Waals surface area (Å²) in [4.78, 5) is 60.2. The summed E-state index contributed by atoms with van der Waals surface area (Å²) >= 11 is 3.61. The molecule has 0 radical (unpaired) electrons. The molecule has 2 fully saturated rings. The summed E-state index contributed by atoms with van der Waals surface area (Å²) in [7, 11) is 0. The zero-order valence-corrected chi connectivity index (χ0v) is 29.2. The van der Waals surface area contributed by atoms with Crippen molar-refractivity contribution in [3.05, 3.63) is 87.9 Å². The lowest BCUT2D eigenvalue weighted by molar-refractivity contribution is -0.160. The second-order valence-electron chi connectivity index (χ2n) is 13.4. The van der Waals surface area contributed by atoms with Crippen molar-refractivity contribution in [2.45, 2.75) is 70.4 Å². The molecule has 2 saturated heterocycles. The van der Waals surface area contributed by atoms with Crippen LogP contribution in [0.25, 0.3) is 0 Å². The number of benzene rings is 2. The number of aryl methyl sites for hydroxylation is 2. The number of esters is 1. The Balaban J connectivity index is 1.51. The van der Waals surface area contributed by atoms with Gasteiger partial charge in [-0.25, -0.2) is 0 Å². The minimum atomic E-state index is -1.49. The molecule has 254 valence electrons. The van der Waals surface area contributed by atoms with Crippen LogP contribution in [-0.2, 0) is 28.7 Å². The summed E-state index contributed by atoms with van der Waals surface area (Å²) < 4.78 is 13.4. The smallest absolute Gasteiger partial charge is 0.313 e. The number of fused-ring (bicyclic) bond motifs is 2. The van der Waals surface area contributed by atoms with Gasteiger partial charge in [0.1, 0.15) is 29.8 Å². The summed E-state index contributed by atoms with van der Waals surface area (Å²) in [6.07, 6.45) is 4.46. The Morgan fingerprint density at radius 1 is 1.00 bits per heavy atom. The summed E-state index contributed by atoms with van der Waals surface area (Å²) in [5.74, 6) is -4.05. The molecule has 6 rings (SSSR count). The SMILES string of the molecule is Cc1cccc(C)c1N1C/C=C\CCC(=O)NC[C@@H](c2ccccc2)OC(=O)[C@@H]2[C@H]3O[C@@]4(C=C3Br)[C@H](C1=O)N([C@@H](CO)C(C)C)C(=O)[C@@H]24. The van der Waals surface area contributed by atoms with Gasteiger partial charge in [0, 0.05) is 23.1 Å². The number of carbonyl (C=O) groups is 4. The maximum Gasteiger partial charge on any atom is 0.313 e. The number of ether oxygens (including phenoxy) is 2. The molecule has 4 heterocycles. The predicted molar refractivity (Wildman–Crippen MR) is 183 cm³/mol. The third-order valence-electron chi connectivity index (χ3n) is 10.1. The number of hydrogen-bond acceptors (Lipinski definition) is 7. The van der Waals surface area contributed by atoms with Crippen LogP contribution in [0.3, 0.4) is 0 Å². The number of cyclic esters (lactones) is 1. The predicted octanol–water partition coefficient (Wildman–Crippen LogP) is 4.28. The largest absolute Gasteiger partial charge is 0.455 e. The molecule has 0 aliphatic carbocycles. The van der Waals surface area contributed by atoms with E-state index in [0.29, 0.717) is 22.2 Å². The average Bonchev–Trinajstić information content (AvgIpc) is 3.65. The van der Waals surface area contributed by atoms with Crippen molar-refractivity contribution in [3.63, 3.8) is 0 Å². The Morgan fingerprint density at radius 2 is 1.71 bits per heavy atom. The van der Waals surface area contributed by atoms with Gasteiger partial charge in [0.15, 0.2) is 0 Å². The van der Waals surface area contributed by atoms with Gasteiger partial charge in [-0.15, -0.1) is 0 Å². The van der Waals surface area contributed by atoms with Crippen molar-refractivity contribution in [2.75, 3.05) is 24.6 Å². The molecule has 0 unspecified atom stereocenters. The van der Waals surface area contributed by atoms with E-state index in [1.807, 2.05) is 88.4 Å². The van der Waals surface area contributed by atoms with Crippen molar-refractivity contribution in [3.8, 4) is 0 Å². The monoisotopic (exact) mass is 719 g/mol. The summed E-state index contributed by atoms with van der Waals surface area (Å²) in [5.41, 5.74) is 1.64. The number of nitrogens with zero attached hydrogens (tertiary/aromatic N) is 2. The second kappa shape index (κ2) is 13.6. The number of aliphatic hydroxyl groups is 1. The topological polar surface area (TPSA) is 125 Å². The highest BCUT2D eigenvalue weighted by atomic mass is 79.9. The van der Waals surface area contributed by atoms with E-state index in [-0.39, 0.29) is 43.8 Å². The Hall–Kier alpha value is -3.80. The number of rotatable bonds is 5. The minimum Gasteiger partial charge on any atom is -0.455 e. The fraction of sp³-hybridized carbons (Fsp3) is 0.459. The fourth-order valence-corrected chi connectivity index (χ4v) is 8.51. The molecule has 2 N–H and O–H groups in total. The van der Waals surface area contributed by atoms with Gasteiger partial charge in [-0.05, 0) is 49.0 Å². The van der Waals surface area contributed by atoms with Crippen molar-refractivity contribution >= 4 is 45.3 Å². The summed E-state index contributed by atoms with van der Waals surface area (Å²) in [5, 5.41) is 13.6. The minimum absolute atomic E-state index is 0.0464. The van der Waals surface area contributed by atoms with E-state index < -0.39 is 53.6 Å². The van der Waals surface area contributed by atoms with Gasteiger partial charge in [0.05, 0.1) is 25.1 Å². The molecule has 1 spiro atoms.